The molecule has 0 radical (unpaired) electrons. The number of aliphatic hydroxyl groups excluding tert-OH is 2. The van der Waals surface area contributed by atoms with Gasteiger partial charge in [-0.2, -0.15) is 0 Å². The molecular formula is C11H16BrNO2. The third kappa shape index (κ3) is 3.19. The summed E-state index contributed by atoms with van der Waals surface area (Å²) in [5.41, 5.74) is 1.89. The Kier molecular flexibility index (Phi) is 4.57. The van der Waals surface area contributed by atoms with E-state index in [-0.39, 0.29) is 6.61 Å². The van der Waals surface area contributed by atoms with Gasteiger partial charge in [0.25, 0.3) is 0 Å². The van der Waals surface area contributed by atoms with Crippen LogP contribution in [0.1, 0.15) is 18.6 Å². The summed E-state index contributed by atoms with van der Waals surface area (Å²) >= 11 is 3.45. The van der Waals surface area contributed by atoms with E-state index in [4.69, 9.17) is 5.11 Å². The second-order valence-corrected chi connectivity index (χ2v) is 4.39. The molecule has 3 nitrogen and oxygen atoms in total. The van der Waals surface area contributed by atoms with Crippen molar-refractivity contribution >= 4 is 21.6 Å². The lowest BCUT2D eigenvalue weighted by atomic mass is 10.1. The van der Waals surface area contributed by atoms with Gasteiger partial charge in [0.2, 0.25) is 0 Å². The number of likely N-dealkylation sites (N-methyl/N-ethyl adjacent to an activating group) is 1. The molecule has 0 aromatic heterocycles. The zero-order chi connectivity index (χ0) is 11.4. The van der Waals surface area contributed by atoms with Crippen LogP contribution >= 0.6 is 15.9 Å². The van der Waals surface area contributed by atoms with Gasteiger partial charge in [0, 0.05) is 18.1 Å². The summed E-state index contributed by atoms with van der Waals surface area (Å²) in [6.07, 6.45) is -0.460. The second kappa shape index (κ2) is 5.49. The summed E-state index contributed by atoms with van der Waals surface area (Å²) in [4.78, 5) is 1.95. The predicted octanol–water partition coefficient (Wildman–Crippen LogP) is 1.93. The Hall–Kier alpha value is -0.580. The number of hydrogen-bond donors (Lipinski definition) is 2. The van der Waals surface area contributed by atoms with E-state index < -0.39 is 6.10 Å². The molecule has 0 bridgehead atoms. The van der Waals surface area contributed by atoms with Crippen LogP contribution in [0.5, 0.6) is 0 Å². The Bertz CT molecular complexity index is 328. The lowest BCUT2D eigenvalue weighted by Crippen LogP contribution is -2.21. The lowest BCUT2D eigenvalue weighted by molar-refractivity contribution is 0.199. The van der Waals surface area contributed by atoms with Gasteiger partial charge in [-0.25, -0.2) is 0 Å². The average molecular weight is 274 g/mol. The molecule has 0 saturated heterocycles. The quantitative estimate of drug-likeness (QED) is 0.881. The number of rotatable bonds is 4. The van der Waals surface area contributed by atoms with E-state index in [1.165, 1.54) is 0 Å². The molecule has 0 aliphatic carbocycles. The van der Waals surface area contributed by atoms with Gasteiger partial charge in [-0.3, -0.25) is 0 Å². The van der Waals surface area contributed by atoms with Gasteiger partial charge in [-0.05, 0) is 40.5 Å². The van der Waals surface area contributed by atoms with Crippen molar-refractivity contribution < 1.29 is 10.2 Å². The molecule has 0 aliphatic rings. The zero-order valence-electron chi connectivity index (χ0n) is 8.94. The third-order valence-corrected chi connectivity index (χ3v) is 2.94. The first-order chi connectivity index (χ1) is 7.06. The molecule has 0 aliphatic heterocycles. The summed E-state index contributed by atoms with van der Waals surface area (Å²) in [6, 6.07) is 5.72. The van der Waals surface area contributed by atoms with Crippen molar-refractivity contribution in [2.45, 2.75) is 13.0 Å². The van der Waals surface area contributed by atoms with Crippen LogP contribution in [-0.2, 0) is 0 Å². The summed E-state index contributed by atoms with van der Waals surface area (Å²) in [6.45, 7) is 2.45. The number of halogens is 1. The molecule has 0 fully saturated rings. The Morgan fingerprint density at radius 2 is 2.13 bits per heavy atom. The average Bonchev–Trinajstić information content (AvgIpc) is 2.17. The maximum Gasteiger partial charge on any atom is 0.0762 e. The van der Waals surface area contributed by atoms with Crippen LogP contribution in [0.2, 0.25) is 0 Å². The molecule has 4 heteroatoms. The number of aliphatic hydroxyl groups is 2. The first-order valence-electron chi connectivity index (χ1n) is 4.85. The summed E-state index contributed by atoms with van der Waals surface area (Å²) in [5.74, 6) is 0. The Morgan fingerprint density at radius 3 is 2.60 bits per heavy atom. The fourth-order valence-corrected chi connectivity index (χ4v) is 2.06. The standard InChI is InChI=1S/C11H16BrNO2/c1-8(15)9-3-4-11(10(12)7-9)13(2)5-6-14/h3-4,7-8,14-15H,5-6H2,1-2H3/t8-/m1/s1. The van der Waals surface area contributed by atoms with E-state index in [1.54, 1.807) is 6.92 Å². The first-order valence-corrected chi connectivity index (χ1v) is 5.65. The molecule has 0 heterocycles. The van der Waals surface area contributed by atoms with Crippen LogP contribution in [0, 0.1) is 0 Å². The highest BCUT2D eigenvalue weighted by Crippen LogP contribution is 2.28. The first kappa shape index (κ1) is 12.5. The molecule has 1 rings (SSSR count). The highest BCUT2D eigenvalue weighted by molar-refractivity contribution is 9.10. The Balaban J connectivity index is 2.92. The summed E-state index contributed by atoms with van der Waals surface area (Å²) in [5, 5.41) is 18.2. The van der Waals surface area contributed by atoms with Gasteiger partial charge < -0.3 is 15.1 Å². The molecule has 1 aromatic rings. The van der Waals surface area contributed by atoms with Crippen molar-refractivity contribution in [2.75, 3.05) is 25.1 Å². The van der Waals surface area contributed by atoms with Gasteiger partial charge >= 0.3 is 0 Å². The van der Waals surface area contributed by atoms with E-state index in [1.807, 2.05) is 30.1 Å². The predicted molar refractivity (Wildman–Crippen MR) is 65.1 cm³/mol. The third-order valence-electron chi connectivity index (χ3n) is 2.30. The van der Waals surface area contributed by atoms with Crippen LogP contribution < -0.4 is 4.90 Å². The molecule has 0 saturated carbocycles. The molecule has 0 spiro atoms. The fraction of sp³-hybridized carbons (Fsp3) is 0.455. The normalized spacial score (nSPS) is 12.6. The minimum Gasteiger partial charge on any atom is -0.395 e. The number of nitrogens with zero attached hydrogens (tertiary/aromatic N) is 1. The van der Waals surface area contributed by atoms with E-state index in [2.05, 4.69) is 15.9 Å². The van der Waals surface area contributed by atoms with Crippen molar-refractivity contribution in [3.63, 3.8) is 0 Å². The van der Waals surface area contributed by atoms with Crippen molar-refractivity contribution in [2.24, 2.45) is 0 Å². The van der Waals surface area contributed by atoms with Crippen LogP contribution in [0.25, 0.3) is 0 Å². The van der Waals surface area contributed by atoms with Crippen LogP contribution in [0.4, 0.5) is 5.69 Å². The number of benzene rings is 1. The second-order valence-electron chi connectivity index (χ2n) is 3.53. The summed E-state index contributed by atoms with van der Waals surface area (Å²) in [7, 11) is 1.92. The largest absolute Gasteiger partial charge is 0.395 e. The van der Waals surface area contributed by atoms with E-state index >= 15 is 0 Å². The molecule has 2 N–H and O–H groups in total. The van der Waals surface area contributed by atoms with Gasteiger partial charge in [0.05, 0.1) is 18.4 Å². The van der Waals surface area contributed by atoms with Gasteiger partial charge in [0.15, 0.2) is 0 Å². The van der Waals surface area contributed by atoms with Gasteiger partial charge in [-0.15, -0.1) is 0 Å². The molecule has 84 valence electrons. The van der Waals surface area contributed by atoms with Crippen molar-refractivity contribution in [1.82, 2.24) is 0 Å². The maximum absolute atomic E-state index is 9.41. The Morgan fingerprint density at radius 1 is 1.47 bits per heavy atom. The van der Waals surface area contributed by atoms with E-state index in [0.29, 0.717) is 6.54 Å². The SMILES string of the molecule is C[C@@H](O)c1ccc(N(C)CCO)c(Br)c1. The lowest BCUT2D eigenvalue weighted by Gasteiger charge is -2.20. The van der Waals surface area contributed by atoms with Gasteiger partial charge in [0.1, 0.15) is 0 Å². The van der Waals surface area contributed by atoms with Crippen LogP contribution in [-0.4, -0.2) is 30.4 Å². The summed E-state index contributed by atoms with van der Waals surface area (Å²) < 4.78 is 0.928. The highest BCUT2D eigenvalue weighted by atomic mass is 79.9. The molecular weight excluding hydrogens is 258 g/mol. The Labute approximate surface area is 98.5 Å². The van der Waals surface area contributed by atoms with Crippen molar-refractivity contribution in [3.8, 4) is 0 Å². The maximum atomic E-state index is 9.41. The van der Waals surface area contributed by atoms with E-state index in [0.717, 1.165) is 15.7 Å². The van der Waals surface area contributed by atoms with Crippen molar-refractivity contribution in [1.29, 1.82) is 0 Å². The van der Waals surface area contributed by atoms with Gasteiger partial charge in [-0.1, -0.05) is 6.07 Å². The molecule has 0 unspecified atom stereocenters. The molecule has 15 heavy (non-hydrogen) atoms. The zero-order valence-corrected chi connectivity index (χ0v) is 10.5. The smallest absolute Gasteiger partial charge is 0.0762 e. The topological polar surface area (TPSA) is 43.7 Å². The molecule has 1 atom stereocenters. The van der Waals surface area contributed by atoms with Crippen LogP contribution in [0.3, 0.4) is 0 Å². The minimum absolute atomic E-state index is 0.126. The van der Waals surface area contributed by atoms with Crippen LogP contribution in [0.15, 0.2) is 22.7 Å². The number of hydrogen-bond acceptors (Lipinski definition) is 3. The molecule has 1 aromatic carbocycles. The van der Waals surface area contributed by atoms with E-state index in [9.17, 15) is 5.11 Å². The highest BCUT2D eigenvalue weighted by Gasteiger charge is 2.08. The van der Waals surface area contributed by atoms with Crippen molar-refractivity contribution in [3.05, 3.63) is 28.2 Å². The minimum atomic E-state index is -0.460. The fourth-order valence-electron chi connectivity index (χ4n) is 1.36. The molecule has 0 amide bonds. The monoisotopic (exact) mass is 273 g/mol. The number of anilines is 1.